The zero-order chi connectivity index (χ0) is 15.5. The van der Waals surface area contributed by atoms with Crippen molar-refractivity contribution in [3.05, 3.63) is 47.3 Å². The number of nitrogens with one attached hydrogen (secondary N) is 1. The molecular formula is C15H18N2O3S. The van der Waals surface area contributed by atoms with E-state index in [1.54, 1.807) is 19.2 Å². The van der Waals surface area contributed by atoms with Crippen LogP contribution in [0.25, 0.3) is 0 Å². The second-order valence-corrected chi connectivity index (χ2v) is 5.66. The predicted molar refractivity (Wildman–Crippen MR) is 81.5 cm³/mol. The molecule has 0 aliphatic heterocycles. The molecule has 21 heavy (non-hydrogen) atoms. The maximum atomic E-state index is 11.8. The first-order valence-electron chi connectivity index (χ1n) is 6.54. The molecule has 1 heterocycles. The molecule has 1 atom stereocenters. The maximum absolute atomic E-state index is 11.8. The summed E-state index contributed by atoms with van der Waals surface area (Å²) in [7, 11) is 1.65. The van der Waals surface area contributed by atoms with E-state index in [0.29, 0.717) is 10.8 Å². The fourth-order valence-electron chi connectivity index (χ4n) is 1.99. The molecule has 0 bridgehead atoms. The van der Waals surface area contributed by atoms with Gasteiger partial charge in [-0.25, -0.2) is 9.78 Å². The maximum Gasteiger partial charge on any atom is 0.329 e. The van der Waals surface area contributed by atoms with E-state index in [-0.39, 0.29) is 5.75 Å². The number of hydrogen-bond acceptors (Lipinski definition) is 5. The van der Waals surface area contributed by atoms with Crippen molar-refractivity contribution in [2.75, 3.05) is 12.8 Å². The smallest absolute Gasteiger partial charge is 0.329 e. The van der Waals surface area contributed by atoms with Gasteiger partial charge in [-0.1, -0.05) is 42.1 Å². The molecule has 6 heteroatoms. The van der Waals surface area contributed by atoms with Gasteiger partial charge in [-0.15, -0.1) is 0 Å². The third kappa shape index (κ3) is 3.11. The normalized spacial score (nSPS) is 13.9. The lowest BCUT2D eigenvalue weighted by molar-refractivity contribution is -0.144. The number of aliphatic carboxylic acids is 1. The van der Waals surface area contributed by atoms with Gasteiger partial charge in [0.15, 0.2) is 5.54 Å². The largest absolute Gasteiger partial charge is 0.480 e. The highest BCUT2D eigenvalue weighted by molar-refractivity contribution is 7.99. The Labute approximate surface area is 127 Å². The number of carboxylic acid groups (broad SMARTS) is 1. The SMILES string of the molecule is CNC(CSc1nc(C)c(C)o1)(C(=O)O)c1ccccc1. The average molecular weight is 306 g/mol. The van der Waals surface area contributed by atoms with Gasteiger partial charge in [0.2, 0.25) is 0 Å². The molecule has 2 aromatic rings. The van der Waals surface area contributed by atoms with Gasteiger partial charge >= 0.3 is 5.97 Å². The van der Waals surface area contributed by atoms with Crippen LogP contribution in [0.15, 0.2) is 40.0 Å². The lowest BCUT2D eigenvalue weighted by Crippen LogP contribution is -2.49. The Morgan fingerprint density at radius 3 is 2.52 bits per heavy atom. The summed E-state index contributed by atoms with van der Waals surface area (Å²) >= 11 is 1.29. The van der Waals surface area contributed by atoms with E-state index in [1.165, 1.54) is 11.8 Å². The number of thioether (sulfide) groups is 1. The number of benzene rings is 1. The van der Waals surface area contributed by atoms with Crippen molar-refractivity contribution in [1.29, 1.82) is 0 Å². The standard InChI is InChI=1S/C15H18N2O3S/c1-10-11(2)20-14(17-10)21-9-15(16-3,13(18)19)12-7-5-4-6-8-12/h4-8,16H,9H2,1-3H3,(H,18,19). The molecule has 0 aliphatic rings. The van der Waals surface area contributed by atoms with Gasteiger partial charge in [-0.2, -0.15) is 0 Å². The first-order valence-corrected chi connectivity index (χ1v) is 7.53. The van der Waals surface area contributed by atoms with E-state index in [4.69, 9.17) is 4.42 Å². The lowest BCUT2D eigenvalue weighted by atomic mass is 9.92. The zero-order valence-electron chi connectivity index (χ0n) is 12.2. The van der Waals surface area contributed by atoms with Crippen LogP contribution in [0, 0.1) is 13.8 Å². The third-order valence-electron chi connectivity index (χ3n) is 3.48. The predicted octanol–water partition coefficient (Wildman–Crippen LogP) is 2.58. The van der Waals surface area contributed by atoms with Crippen molar-refractivity contribution in [1.82, 2.24) is 10.3 Å². The quantitative estimate of drug-likeness (QED) is 0.799. The molecule has 112 valence electrons. The molecule has 0 aliphatic carbocycles. The van der Waals surface area contributed by atoms with Gasteiger partial charge in [0, 0.05) is 5.75 Å². The Morgan fingerprint density at radius 1 is 1.38 bits per heavy atom. The molecule has 0 radical (unpaired) electrons. The minimum absolute atomic E-state index is 0.280. The molecular weight excluding hydrogens is 288 g/mol. The Morgan fingerprint density at radius 2 is 2.05 bits per heavy atom. The van der Waals surface area contributed by atoms with E-state index in [1.807, 2.05) is 32.0 Å². The molecule has 1 unspecified atom stereocenters. The third-order valence-corrected chi connectivity index (χ3v) is 4.48. The summed E-state index contributed by atoms with van der Waals surface area (Å²) in [5.74, 6) is 0.105. The first-order chi connectivity index (χ1) is 9.99. The monoisotopic (exact) mass is 306 g/mol. The molecule has 2 N–H and O–H groups in total. The summed E-state index contributed by atoms with van der Waals surface area (Å²) < 4.78 is 5.50. The van der Waals surface area contributed by atoms with Crippen LogP contribution in [0.3, 0.4) is 0 Å². The second kappa shape index (κ2) is 6.32. The molecule has 0 spiro atoms. The first kappa shape index (κ1) is 15.6. The lowest BCUT2D eigenvalue weighted by Gasteiger charge is -2.28. The molecule has 2 rings (SSSR count). The minimum atomic E-state index is -1.18. The number of rotatable bonds is 6. The van der Waals surface area contributed by atoms with Crippen LogP contribution in [0.2, 0.25) is 0 Å². The van der Waals surface area contributed by atoms with Crippen LogP contribution in [0.1, 0.15) is 17.0 Å². The van der Waals surface area contributed by atoms with Crippen molar-refractivity contribution >= 4 is 17.7 Å². The highest BCUT2D eigenvalue weighted by Crippen LogP contribution is 2.30. The van der Waals surface area contributed by atoms with Crippen LogP contribution in [0.4, 0.5) is 0 Å². The highest BCUT2D eigenvalue weighted by atomic mass is 32.2. The van der Waals surface area contributed by atoms with Crippen LogP contribution in [-0.4, -0.2) is 28.9 Å². The minimum Gasteiger partial charge on any atom is -0.480 e. The number of likely N-dealkylation sites (N-methyl/N-ethyl adjacent to an activating group) is 1. The van der Waals surface area contributed by atoms with Gasteiger partial charge in [0.25, 0.3) is 5.22 Å². The molecule has 0 saturated carbocycles. The number of nitrogens with zero attached hydrogens (tertiary/aromatic N) is 1. The number of carboxylic acids is 1. The van der Waals surface area contributed by atoms with E-state index in [2.05, 4.69) is 10.3 Å². The summed E-state index contributed by atoms with van der Waals surface area (Å²) in [5.41, 5.74) is 0.345. The molecule has 0 amide bonds. The molecule has 5 nitrogen and oxygen atoms in total. The average Bonchev–Trinajstić information content (AvgIpc) is 2.80. The van der Waals surface area contributed by atoms with Gasteiger partial charge < -0.3 is 14.8 Å². The Kier molecular flexibility index (Phi) is 4.69. The Bertz CT molecular complexity index is 608. The summed E-state index contributed by atoms with van der Waals surface area (Å²) in [6.45, 7) is 3.70. The van der Waals surface area contributed by atoms with Gasteiger partial charge in [0.05, 0.1) is 5.69 Å². The van der Waals surface area contributed by atoms with E-state index in [9.17, 15) is 9.90 Å². The van der Waals surface area contributed by atoms with Gasteiger partial charge in [0.1, 0.15) is 5.76 Å². The van der Waals surface area contributed by atoms with Crippen LogP contribution < -0.4 is 5.32 Å². The fraction of sp³-hybridized carbons (Fsp3) is 0.333. The Balaban J connectivity index is 2.27. The number of carbonyl (C=O) groups is 1. The molecule has 1 aromatic carbocycles. The molecule has 0 saturated heterocycles. The highest BCUT2D eigenvalue weighted by Gasteiger charge is 2.39. The molecule has 1 aromatic heterocycles. The van der Waals surface area contributed by atoms with Crippen molar-refractivity contribution in [2.45, 2.75) is 24.6 Å². The number of aromatic nitrogens is 1. The van der Waals surface area contributed by atoms with Crippen molar-refractivity contribution in [3.8, 4) is 0 Å². The van der Waals surface area contributed by atoms with Gasteiger partial charge in [-0.05, 0) is 26.5 Å². The van der Waals surface area contributed by atoms with E-state index >= 15 is 0 Å². The van der Waals surface area contributed by atoms with E-state index in [0.717, 1.165) is 11.5 Å². The summed E-state index contributed by atoms with van der Waals surface area (Å²) in [5, 5.41) is 13.1. The van der Waals surface area contributed by atoms with Crippen molar-refractivity contribution in [3.63, 3.8) is 0 Å². The summed E-state index contributed by atoms with van der Waals surface area (Å²) in [4.78, 5) is 16.1. The fourth-order valence-corrected chi connectivity index (χ4v) is 3.15. The van der Waals surface area contributed by atoms with E-state index < -0.39 is 11.5 Å². The van der Waals surface area contributed by atoms with Crippen LogP contribution >= 0.6 is 11.8 Å². The topological polar surface area (TPSA) is 75.4 Å². The number of oxazole rings is 1. The number of aryl methyl sites for hydroxylation is 2. The Hall–Kier alpha value is -1.79. The second-order valence-electron chi connectivity index (χ2n) is 4.74. The van der Waals surface area contributed by atoms with Crippen molar-refractivity contribution < 1.29 is 14.3 Å². The van der Waals surface area contributed by atoms with Crippen molar-refractivity contribution in [2.24, 2.45) is 0 Å². The van der Waals surface area contributed by atoms with Crippen LogP contribution in [0.5, 0.6) is 0 Å². The van der Waals surface area contributed by atoms with Gasteiger partial charge in [-0.3, -0.25) is 0 Å². The number of hydrogen-bond donors (Lipinski definition) is 2. The van der Waals surface area contributed by atoms with Crippen LogP contribution in [-0.2, 0) is 10.3 Å². The zero-order valence-corrected chi connectivity index (χ0v) is 13.0. The summed E-state index contributed by atoms with van der Waals surface area (Å²) in [6, 6.07) is 9.12. The summed E-state index contributed by atoms with van der Waals surface area (Å²) in [6.07, 6.45) is 0. The molecule has 0 fully saturated rings.